The van der Waals surface area contributed by atoms with Crippen LogP contribution in [-0.2, 0) is 9.53 Å². The Balaban J connectivity index is 1.77. The van der Waals surface area contributed by atoms with E-state index < -0.39 is 0 Å². The summed E-state index contributed by atoms with van der Waals surface area (Å²) in [5, 5.41) is 6.51. The largest absolute Gasteiger partial charge is 0.363 e. The molecule has 0 aromatic carbocycles. The minimum Gasteiger partial charge on any atom is -0.363 e. The number of rotatable bonds is 4. The summed E-state index contributed by atoms with van der Waals surface area (Å²) in [6.07, 6.45) is 1.08. The molecule has 6 heteroatoms. The van der Waals surface area contributed by atoms with Crippen molar-refractivity contribution >= 4 is 23.2 Å². The number of nitrogens with zero attached hydrogens (tertiary/aromatic N) is 1. The van der Waals surface area contributed by atoms with Crippen molar-refractivity contribution in [2.45, 2.75) is 25.0 Å². The van der Waals surface area contributed by atoms with Gasteiger partial charge in [-0.15, -0.1) is 0 Å². The number of ether oxygens (including phenoxy) is 1. The molecule has 0 radical (unpaired) electrons. The molecule has 2 amide bonds. The first-order valence-corrected chi connectivity index (χ1v) is 7.19. The number of thiophene rings is 1. The van der Waals surface area contributed by atoms with Crippen molar-refractivity contribution in [3.63, 3.8) is 0 Å². The van der Waals surface area contributed by atoms with Crippen LogP contribution in [0.3, 0.4) is 0 Å². The van der Waals surface area contributed by atoms with Crippen molar-refractivity contribution < 1.29 is 14.3 Å². The molecule has 1 N–H and O–H groups in total. The van der Waals surface area contributed by atoms with Crippen LogP contribution >= 0.6 is 11.3 Å². The van der Waals surface area contributed by atoms with Crippen LogP contribution in [-0.4, -0.2) is 49.6 Å². The molecule has 1 fully saturated rings. The molecular formula is C13H18N2O3S. The third kappa shape index (κ3) is 3.54. The Kier molecular flexibility index (Phi) is 4.55. The van der Waals surface area contributed by atoms with E-state index in [9.17, 15) is 9.59 Å². The van der Waals surface area contributed by atoms with Crippen LogP contribution < -0.4 is 5.32 Å². The van der Waals surface area contributed by atoms with Gasteiger partial charge in [0.25, 0.3) is 11.8 Å². The number of carbonyl (C=O) groups is 2. The number of amides is 2. The van der Waals surface area contributed by atoms with E-state index in [1.807, 2.05) is 10.8 Å². The van der Waals surface area contributed by atoms with E-state index in [1.165, 1.54) is 16.2 Å². The Bertz CT molecular complexity index is 445. The molecule has 1 aromatic rings. The fourth-order valence-corrected chi connectivity index (χ4v) is 2.66. The van der Waals surface area contributed by atoms with Gasteiger partial charge in [-0.2, -0.15) is 11.3 Å². The second-order valence-electron chi connectivity index (χ2n) is 4.78. The number of carbonyl (C=O) groups excluding carboxylic acids is 2. The number of hydrogen-bond acceptors (Lipinski definition) is 4. The first kappa shape index (κ1) is 14.0. The SMILES string of the molecule is CN(C)C(=O)[C@@H]1CC[C@@H](CNC(=O)c2ccsc2)O1. The van der Waals surface area contributed by atoms with Gasteiger partial charge in [0.05, 0.1) is 6.10 Å². The quantitative estimate of drug-likeness (QED) is 0.900. The van der Waals surface area contributed by atoms with E-state index >= 15 is 0 Å². The molecule has 0 aliphatic carbocycles. The normalized spacial score (nSPS) is 22.2. The molecule has 2 rings (SSSR count). The molecule has 1 aliphatic heterocycles. The van der Waals surface area contributed by atoms with E-state index in [0.717, 1.165) is 12.8 Å². The van der Waals surface area contributed by atoms with Gasteiger partial charge in [-0.1, -0.05) is 0 Å². The molecule has 2 heterocycles. The Hall–Kier alpha value is -1.40. The van der Waals surface area contributed by atoms with Crippen molar-refractivity contribution in [2.24, 2.45) is 0 Å². The minimum atomic E-state index is -0.363. The zero-order valence-corrected chi connectivity index (χ0v) is 11.9. The molecule has 2 atom stereocenters. The van der Waals surface area contributed by atoms with E-state index in [-0.39, 0.29) is 24.0 Å². The van der Waals surface area contributed by atoms with Crippen molar-refractivity contribution in [2.75, 3.05) is 20.6 Å². The van der Waals surface area contributed by atoms with Crippen LogP contribution in [0.25, 0.3) is 0 Å². The maximum absolute atomic E-state index is 11.8. The minimum absolute atomic E-state index is 0.00772. The Morgan fingerprint density at radius 1 is 1.47 bits per heavy atom. The topological polar surface area (TPSA) is 58.6 Å². The van der Waals surface area contributed by atoms with E-state index in [1.54, 1.807) is 20.2 Å². The molecule has 19 heavy (non-hydrogen) atoms. The molecule has 0 saturated carbocycles. The van der Waals surface area contributed by atoms with Gasteiger partial charge in [-0.05, 0) is 24.3 Å². The molecule has 0 spiro atoms. The third-order valence-corrected chi connectivity index (χ3v) is 3.78. The predicted molar refractivity (Wildman–Crippen MR) is 73.2 cm³/mol. The monoisotopic (exact) mass is 282 g/mol. The van der Waals surface area contributed by atoms with Gasteiger partial charge in [0.1, 0.15) is 6.10 Å². The van der Waals surface area contributed by atoms with Gasteiger partial charge >= 0.3 is 0 Å². The number of likely N-dealkylation sites (N-methyl/N-ethyl adjacent to an activating group) is 1. The highest BCUT2D eigenvalue weighted by molar-refractivity contribution is 7.08. The van der Waals surface area contributed by atoms with Crippen molar-refractivity contribution in [3.05, 3.63) is 22.4 Å². The van der Waals surface area contributed by atoms with Gasteiger partial charge in [0, 0.05) is 31.6 Å². The van der Waals surface area contributed by atoms with Crippen LogP contribution in [0, 0.1) is 0 Å². The van der Waals surface area contributed by atoms with Crippen molar-refractivity contribution in [1.29, 1.82) is 0 Å². The lowest BCUT2D eigenvalue weighted by Crippen LogP contribution is -2.36. The predicted octanol–water partition coefficient (Wildman–Crippen LogP) is 1.11. The highest BCUT2D eigenvalue weighted by Crippen LogP contribution is 2.20. The maximum atomic E-state index is 11.8. The molecule has 0 unspecified atom stereocenters. The van der Waals surface area contributed by atoms with Gasteiger partial charge in [0.15, 0.2) is 0 Å². The van der Waals surface area contributed by atoms with E-state index in [2.05, 4.69) is 5.32 Å². The summed E-state index contributed by atoms with van der Waals surface area (Å²) in [5.74, 6) is -0.0982. The maximum Gasteiger partial charge on any atom is 0.252 e. The third-order valence-electron chi connectivity index (χ3n) is 3.10. The zero-order valence-electron chi connectivity index (χ0n) is 11.1. The zero-order chi connectivity index (χ0) is 13.8. The smallest absolute Gasteiger partial charge is 0.252 e. The lowest BCUT2D eigenvalue weighted by atomic mass is 10.2. The number of nitrogens with one attached hydrogen (secondary N) is 1. The summed E-state index contributed by atoms with van der Waals surface area (Å²) < 4.78 is 5.65. The summed E-state index contributed by atoms with van der Waals surface area (Å²) in [4.78, 5) is 25.0. The second kappa shape index (κ2) is 6.16. The van der Waals surface area contributed by atoms with Gasteiger partial charge < -0.3 is 15.0 Å². The summed E-state index contributed by atoms with van der Waals surface area (Å²) in [6, 6.07) is 1.79. The molecule has 0 bridgehead atoms. The molecule has 104 valence electrons. The first-order chi connectivity index (χ1) is 9.08. The first-order valence-electron chi connectivity index (χ1n) is 6.25. The lowest BCUT2D eigenvalue weighted by Gasteiger charge is -2.17. The van der Waals surface area contributed by atoms with Gasteiger partial charge in [0.2, 0.25) is 0 Å². The molecular weight excluding hydrogens is 264 g/mol. The fraction of sp³-hybridized carbons (Fsp3) is 0.538. The molecule has 1 saturated heterocycles. The second-order valence-corrected chi connectivity index (χ2v) is 5.56. The molecule has 1 aliphatic rings. The van der Waals surface area contributed by atoms with Crippen LogP contribution in [0.15, 0.2) is 16.8 Å². The molecule has 5 nitrogen and oxygen atoms in total. The van der Waals surface area contributed by atoms with Crippen LogP contribution in [0.5, 0.6) is 0 Å². The molecule has 1 aromatic heterocycles. The van der Waals surface area contributed by atoms with Crippen LogP contribution in [0.4, 0.5) is 0 Å². The fourth-order valence-electron chi connectivity index (χ4n) is 2.03. The average Bonchev–Trinajstić information content (AvgIpc) is 3.06. The van der Waals surface area contributed by atoms with Crippen LogP contribution in [0.2, 0.25) is 0 Å². The van der Waals surface area contributed by atoms with E-state index in [0.29, 0.717) is 12.1 Å². The van der Waals surface area contributed by atoms with Gasteiger partial charge in [-0.3, -0.25) is 9.59 Å². The summed E-state index contributed by atoms with van der Waals surface area (Å²) in [6.45, 7) is 0.450. The standard InChI is InChI=1S/C13H18N2O3S/c1-15(2)13(17)11-4-3-10(18-11)7-14-12(16)9-5-6-19-8-9/h5-6,8,10-11H,3-4,7H2,1-2H3,(H,14,16)/t10-,11-/m0/s1. The van der Waals surface area contributed by atoms with Crippen molar-refractivity contribution in [3.8, 4) is 0 Å². The van der Waals surface area contributed by atoms with Crippen LogP contribution in [0.1, 0.15) is 23.2 Å². The summed E-state index contributed by atoms with van der Waals surface area (Å²) in [7, 11) is 3.44. The van der Waals surface area contributed by atoms with E-state index in [4.69, 9.17) is 4.74 Å². The number of hydrogen-bond donors (Lipinski definition) is 1. The van der Waals surface area contributed by atoms with Gasteiger partial charge in [-0.25, -0.2) is 0 Å². The highest BCUT2D eigenvalue weighted by Gasteiger charge is 2.31. The Morgan fingerprint density at radius 3 is 2.89 bits per heavy atom. The highest BCUT2D eigenvalue weighted by atomic mass is 32.1. The Morgan fingerprint density at radius 2 is 2.26 bits per heavy atom. The van der Waals surface area contributed by atoms with Crippen molar-refractivity contribution in [1.82, 2.24) is 10.2 Å². The summed E-state index contributed by atoms with van der Waals surface area (Å²) in [5.41, 5.74) is 0.670. The Labute approximate surface area is 116 Å². The average molecular weight is 282 g/mol. The summed E-state index contributed by atoms with van der Waals surface area (Å²) >= 11 is 1.49. The lowest BCUT2D eigenvalue weighted by molar-refractivity contribution is -0.140.